The number of rotatable bonds is 0. The van der Waals surface area contributed by atoms with Gasteiger partial charge in [0.1, 0.15) is 6.10 Å². The molecule has 1 unspecified atom stereocenters. The van der Waals surface area contributed by atoms with Crippen LogP contribution in [-0.4, -0.2) is 25.2 Å². The summed E-state index contributed by atoms with van der Waals surface area (Å²) in [6.07, 6.45) is 0.0521. The highest BCUT2D eigenvalue weighted by molar-refractivity contribution is 5.72. The average Bonchev–Trinajstić information content (AvgIpc) is 1.64. The Labute approximate surface area is 48.0 Å². The second-order valence-electron chi connectivity index (χ2n) is 1.93. The van der Waals surface area contributed by atoms with Gasteiger partial charge in [-0.15, -0.1) is 0 Å². The molecule has 0 aliphatic carbocycles. The van der Waals surface area contributed by atoms with Crippen LogP contribution in [0, 0.1) is 0 Å². The molecule has 0 aromatic heterocycles. The molecule has 1 heterocycles. The van der Waals surface area contributed by atoms with Gasteiger partial charge in [-0.05, 0) is 6.92 Å². The second-order valence-corrected chi connectivity index (χ2v) is 1.93. The molecule has 1 aliphatic rings. The van der Waals surface area contributed by atoms with Gasteiger partial charge < -0.3 is 10.1 Å². The summed E-state index contributed by atoms with van der Waals surface area (Å²) in [7, 11) is 0. The van der Waals surface area contributed by atoms with Crippen molar-refractivity contribution in [2.45, 2.75) is 13.0 Å². The monoisotopic (exact) mass is 115 g/mol. The Morgan fingerprint density at radius 1 is 1.88 bits per heavy atom. The van der Waals surface area contributed by atoms with Crippen LogP contribution in [0.1, 0.15) is 6.92 Å². The third-order valence-corrected chi connectivity index (χ3v) is 1.03. The van der Waals surface area contributed by atoms with Crippen molar-refractivity contribution in [1.82, 2.24) is 5.32 Å². The lowest BCUT2D eigenvalue weighted by Gasteiger charge is -2.18. The molecule has 0 amide bonds. The number of carbonyl (C=O) groups is 1. The largest absolute Gasteiger partial charge is 0.460 e. The van der Waals surface area contributed by atoms with Crippen LogP contribution in [0.2, 0.25) is 0 Å². The van der Waals surface area contributed by atoms with Crippen LogP contribution < -0.4 is 5.32 Å². The Bertz CT molecular complexity index is 103. The third kappa shape index (κ3) is 1.20. The topological polar surface area (TPSA) is 38.3 Å². The minimum atomic E-state index is -0.149. The zero-order valence-electron chi connectivity index (χ0n) is 4.81. The second kappa shape index (κ2) is 2.13. The summed E-state index contributed by atoms with van der Waals surface area (Å²) in [4.78, 5) is 10.4. The molecule has 1 N–H and O–H groups in total. The molecule has 1 rings (SSSR count). The Kier molecular flexibility index (Phi) is 1.48. The van der Waals surface area contributed by atoms with E-state index in [1.165, 1.54) is 0 Å². The van der Waals surface area contributed by atoms with Crippen molar-refractivity contribution in [3.05, 3.63) is 0 Å². The van der Waals surface area contributed by atoms with Crippen LogP contribution in [0.5, 0.6) is 0 Å². The predicted octanol–water partition coefficient (Wildman–Crippen LogP) is -0.479. The van der Waals surface area contributed by atoms with Crippen molar-refractivity contribution >= 4 is 5.97 Å². The van der Waals surface area contributed by atoms with Gasteiger partial charge in [-0.25, -0.2) is 0 Å². The number of carbonyl (C=O) groups excluding carboxylic acids is 1. The van der Waals surface area contributed by atoms with E-state index < -0.39 is 0 Å². The number of hydrogen-bond donors (Lipinski definition) is 1. The number of nitrogens with one attached hydrogen (secondary N) is 1. The third-order valence-electron chi connectivity index (χ3n) is 1.03. The highest BCUT2D eigenvalue weighted by atomic mass is 16.5. The number of morpholine rings is 1. The molecule has 1 atom stereocenters. The first-order valence-corrected chi connectivity index (χ1v) is 2.69. The first-order valence-electron chi connectivity index (χ1n) is 2.69. The molecule has 0 spiro atoms. The molecule has 1 fully saturated rings. The van der Waals surface area contributed by atoms with Gasteiger partial charge in [0, 0.05) is 6.54 Å². The lowest BCUT2D eigenvalue weighted by atomic mass is 10.3. The van der Waals surface area contributed by atoms with E-state index in [0.29, 0.717) is 6.54 Å². The zero-order valence-corrected chi connectivity index (χ0v) is 4.81. The number of cyclic esters (lactones) is 1. The standard InChI is InChI=1S/C5H9NO2/c1-4-2-6-3-5(7)8-4/h4,6H,2-3H2,1H3. The minimum Gasteiger partial charge on any atom is -0.460 e. The molecular formula is C5H9NO2. The van der Waals surface area contributed by atoms with Gasteiger partial charge in [0.05, 0.1) is 6.54 Å². The van der Waals surface area contributed by atoms with E-state index in [2.05, 4.69) is 5.32 Å². The van der Waals surface area contributed by atoms with E-state index in [0.717, 1.165) is 6.54 Å². The molecule has 46 valence electrons. The van der Waals surface area contributed by atoms with Gasteiger partial charge >= 0.3 is 5.97 Å². The summed E-state index contributed by atoms with van der Waals surface area (Å²) in [5, 5.41) is 2.91. The van der Waals surface area contributed by atoms with E-state index >= 15 is 0 Å². The lowest BCUT2D eigenvalue weighted by molar-refractivity contribution is -0.150. The van der Waals surface area contributed by atoms with Crippen molar-refractivity contribution < 1.29 is 9.53 Å². The highest BCUT2D eigenvalue weighted by Gasteiger charge is 2.13. The molecule has 1 aliphatic heterocycles. The molecule has 0 aromatic carbocycles. The summed E-state index contributed by atoms with van der Waals surface area (Å²) in [6.45, 7) is 3.01. The van der Waals surface area contributed by atoms with Crippen molar-refractivity contribution in [3.8, 4) is 0 Å². The molecular weight excluding hydrogens is 106 g/mol. The minimum absolute atomic E-state index is 0.0521. The van der Waals surface area contributed by atoms with Gasteiger partial charge in [0.2, 0.25) is 0 Å². The molecule has 0 aromatic rings. The summed E-state index contributed by atoms with van der Waals surface area (Å²) < 4.78 is 4.78. The Morgan fingerprint density at radius 2 is 2.62 bits per heavy atom. The van der Waals surface area contributed by atoms with Crippen LogP contribution in [0.15, 0.2) is 0 Å². The van der Waals surface area contributed by atoms with Crippen molar-refractivity contribution in [2.75, 3.05) is 13.1 Å². The molecule has 3 heteroatoms. The summed E-state index contributed by atoms with van der Waals surface area (Å²) in [5.41, 5.74) is 0. The maximum atomic E-state index is 10.4. The Balaban J connectivity index is 2.34. The summed E-state index contributed by atoms with van der Waals surface area (Å²) in [6, 6.07) is 0. The SMILES string of the molecule is CC1CNCC(=O)O1. The average molecular weight is 115 g/mol. The quantitative estimate of drug-likeness (QED) is 0.433. The molecule has 0 bridgehead atoms. The summed E-state index contributed by atoms with van der Waals surface area (Å²) in [5.74, 6) is -0.149. The molecule has 1 saturated heterocycles. The van der Waals surface area contributed by atoms with Crippen LogP contribution >= 0.6 is 0 Å². The first-order chi connectivity index (χ1) is 3.79. The fourth-order valence-corrected chi connectivity index (χ4v) is 0.685. The van der Waals surface area contributed by atoms with Gasteiger partial charge in [0.25, 0.3) is 0 Å². The smallest absolute Gasteiger partial charge is 0.320 e. The first kappa shape index (κ1) is 5.56. The summed E-state index contributed by atoms with van der Waals surface area (Å²) >= 11 is 0. The number of hydrogen-bond acceptors (Lipinski definition) is 3. The van der Waals surface area contributed by atoms with Gasteiger partial charge in [-0.3, -0.25) is 4.79 Å². The van der Waals surface area contributed by atoms with Gasteiger partial charge in [-0.1, -0.05) is 0 Å². The Hall–Kier alpha value is -0.570. The highest BCUT2D eigenvalue weighted by Crippen LogP contribution is 1.93. The van der Waals surface area contributed by atoms with Crippen LogP contribution in [0.4, 0.5) is 0 Å². The van der Waals surface area contributed by atoms with Crippen LogP contribution in [0.25, 0.3) is 0 Å². The predicted molar refractivity (Wildman–Crippen MR) is 28.4 cm³/mol. The zero-order chi connectivity index (χ0) is 5.98. The molecule has 0 radical (unpaired) electrons. The van der Waals surface area contributed by atoms with E-state index in [4.69, 9.17) is 4.74 Å². The Morgan fingerprint density at radius 3 is 3.00 bits per heavy atom. The van der Waals surface area contributed by atoms with Gasteiger partial charge in [0.15, 0.2) is 0 Å². The normalized spacial score (nSPS) is 29.6. The van der Waals surface area contributed by atoms with Crippen molar-refractivity contribution in [2.24, 2.45) is 0 Å². The number of esters is 1. The molecule has 8 heavy (non-hydrogen) atoms. The number of ether oxygens (including phenoxy) is 1. The fraction of sp³-hybridized carbons (Fsp3) is 0.800. The van der Waals surface area contributed by atoms with Crippen molar-refractivity contribution in [1.29, 1.82) is 0 Å². The van der Waals surface area contributed by atoms with E-state index in [-0.39, 0.29) is 12.1 Å². The maximum Gasteiger partial charge on any atom is 0.320 e. The fourth-order valence-electron chi connectivity index (χ4n) is 0.685. The lowest BCUT2D eigenvalue weighted by Crippen LogP contribution is -2.40. The molecule has 3 nitrogen and oxygen atoms in total. The van der Waals surface area contributed by atoms with Crippen LogP contribution in [0.3, 0.4) is 0 Å². The van der Waals surface area contributed by atoms with Gasteiger partial charge in [-0.2, -0.15) is 0 Å². The van der Waals surface area contributed by atoms with E-state index in [1.807, 2.05) is 6.92 Å². The van der Waals surface area contributed by atoms with E-state index in [9.17, 15) is 4.79 Å². The van der Waals surface area contributed by atoms with E-state index in [1.54, 1.807) is 0 Å². The maximum absolute atomic E-state index is 10.4. The molecule has 0 saturated carbocycles. The van der Waals surface area contributed by atoms with Crippen molar-refractivity contribution in [3.63, 3.8) is 0 Å². The van der Waals surface area contributed by atoms with Crippen LogP contribution in [-0.2, 0) is 9.53 Å².